The summed E-state index contributed by atoms with van der Waals surface area (Å²) in [5.41, 5.74) is 6.11. The topological polar surface area (TPSA) is 98.1 Å². The quantitative estimate of drug-likeness (QED) is 0.308. The number of nitrogens with one attached hydrogen (secondary N) is 1. The highest BCUT2D eigenvalue weighted by Gasteiger charge is 2.16. The second-order valence-corrected chi connectivity index (χ2v) is 9.66. The van der Waals surface area contributed by atoms with Gasteiger partial charge in [-0.1, -0.05) is 24.3 Å². The molecule has 0 unspecified atom stereocenters. The molecule has 9 nitrogen and oxygen atoms in total. The second kappa shape index (κ2) is 10.6. The van der Waals surface area contributed by atoms with Crippen LogP contribution in [0.4, 0.5) is 17.2 Å². The molecular formula is C30H29N7O2. The molecule has 0 aliphatic carbocycles. The van der Waals surface area contributed by atoms with E-state index in [1.165, 1.54) is 0 Å². The van der Waals surface area contributed by atoms with Crippen molar-refractivity contribution in [1.82, 2.24) is 24.7 Å². The van der Waals surface area contributed by atoms with Crippen LogP contribution < -0.4 is 10.2 Å². The van der Waals surface area contributed by atoms with Gasteiger partial charge in [-0.15, -0.1) is 0 Å². The highest BCUT2D eigenvalue weighted by Crippen LogP contribution is 2.29. The van der Waals surface area contributed by atoms with Crippen molar-refractivity contribution in [1.29, 1.82) is 0 Å². The summed E-state index contributed by atoms with van der Waals surface area (Å²) in [6, 6.07) is 17.8. The van der Waals surface area contributed by atoms with Crippen LogP contribution in [-0.2, 0) is 18.2 Å². The number of pyridine rings is 1. The summed E-state index contributed by atoms with van der Waals surface area (Å²) in [7, 11) is 1.85. The van der Waals surface area contributed by atoms with E-state index in [2.05, 4.69) is 32.4 Å². The third kappa shape index (κ3) is 5.21. The Bertz CT molecular complexity index is 1630. The van der Waals surface area contributed by atoms with Crippen LogP contribution in [0.25, 0.3) is 22.4 Å². The van der Waals surface area contributed by atoms with Crippen molar-refractivity contribution >= 4 is 34.0 Å². The SMILES string of the molecule is Cc1ccc(C(=O)Cc2ccc(N3CCOCC3)cc2)cc1Nc1nc(-c2cccnc2)nc2c1cnn2C. The first-order chi connectivity index (χ1) is 19.0. The van der Waals surface area contributed by atoms with Gasteiger partial charge < -0.3 is 15.0 Å². The molecule has 1 fully saturated rings. The number of hydrogen-bond donors (Lipinski definition) is 1. The number of aryl methyl sites for hydroxylation is 2. The van der Waals surface area contributed by atoms with Gasteiger partial charge in [0.2, 0.25) is 0 Å². The Morgan fingerprint density at radius 1 is 1.03 bits per heavy atom. The lowest BCUT2D eigenvalue weighted by molar-refractivity contribution is 0.0993. The second-order valence-electron chi connectivity index (χ2n) is 9.66. The maximum absolute atomic E-state index is 13.3. The minimum absolute atomic E-state index is 0.0578. The van der Waals surface area contributed by atoms with Gasteiger partial charge in [0, 0.05) is 61.5 Å². The van der Waals surface area contributed by atoms with Crippen molar-refractivity contribution < 1.29 is 9.53 Å². The molecule has 6 rings (SSSR count). The lowest BCUT2D eigenvalue weighted by Crippen LogP contribution is -2.36. The number of anilines is 3. The largest absolute Gasteiger partial charge is 0.378 e. The number of carbonyl (C=O) groups excluding carboxylic acids is 1. The van der Waals surface area contributed by atoms with E-state index in [1.807, 2.05) is 56.4 Å². The van der Waals surface area contributed by atoms with Gasteiger partial charge in [-0.3, -0.25) is 14.5 Å². The first-order valence-electron chi connectivity index (χ1n) is 13.0. The molecule has 0 radical (unpaired) electrons. The van der Waals surface area contributed by atoms with E-state index in [4.69, 9.17) is 14.7 Å². The van der Waals surface area contributed by atoms with Crippen molar-refractivity contribution in [3.63, 3.8) is 0 Å². The molecule has 0 spiro atoms. The van der Waals surface area contributed by atoms with E-state index in [9.17, 15) is 4.79 Å². The molecule has 1 N–H and O–H groups in total. The Morgan fingerprint density at radius 2 is 1.85 bits per heavy atom. The van der Waals surface area contributed by atoms with Crippen molar-refractivity contribution in [2.75, 3.05) is 36.5 Å². The van der Waals surface area contributed by atoms with E-state index in [0.717, 1.165) is 59.8 Å². The Morgan fingerprint density at radius 3 is 2.62 bits per heavy atom. The molecule has 9 heteroatoms. The van der Waals surface area contributed by atoms with Gasteiger partial charge in [-0.2, -0.15) is 5.10 Å². The monoisotopic (exact) mass is 519 g/mol. The minimum atomic E-state index is 0.0578. The van der Waals surface area contributed by atoms with E-state index < -0.39 is 0 Å². The maximum Gasteiger partial charge on any atom is 0.167 e. The molecule has 1 saturated heterocycles. The van der Waals surface area contributed by atoms with Gasteiger partial charge in [-0.05, 0) is 48.4 Å². The summed E-state index contributed by atoms with van der Waals surface area (Å²) in [4.78, 5) is 29.3. The Balaban J connectivity index is 1.25. The van der Waals surface area contributed by atoms with Crippen molar-refractivity contribution in [3.8, 4) is 11.4 Å². The number of nitrogens with zero attached hydrogens (tertiary/aromatic N) is 6. The molecule has 2 aromatic carbocycles. The first-order valence-corrected chi connectivity index (χ1v) is 13.0. The third-order valence-corrected chi connectivity index (χ3v) is 7.00. The van der Waals surface area contributed by atoms with Gasteiger partial charge in [0.05, 0.1) is 24.8 Å². The molecule has 3 aromatic heterocycles. The molecule has 196 valence electrons. The van der Waals surface area contributed by atoms with Crippen LogP contribution in [0.3, 0.4) is 0 Å². The molecule has 0 amide bonds. The van der Waals surface area contributed by atoms with E-state index in [-0.39, 0.29) is 5.78 Å². The van der Waals surface area contributed by atoms with E-state index >= 15 is 0 Å². The van der Waals surface area contributed by atoms with Crippen LogP contribution >= 0.6 is 0 Å². The van der Waals surface area contributed by atoms with Crippen LogP contribution in [0.1, 0.15) is 21.5 Å². The average Bonchev–Trinajstić information content (AvgIpc) is 3.36. The van der Waals surface area contributed by atoms with Crippen LogP contribution in [0.15, 0.2) is 73.2 Å². The van der Waals surface area contributed by atoms with Crippen LogP contribution in [0, 0.1) is 6.92 Å². The summed E-state index contributed by atoms with van der Waals surface area (Å²) < 4.78 is 7.17. The van der Waals surface area contributed by atoms with Crippen LogP contribution in [-0.4, -0.2) is 56.8 Å². The van der Waals surface area contributed by atoms with Crippen LogP contribution in [0.2, 0.25) is 0 Å². The number of aromatic nitrogens is 5. The molecule has 4 heterocycles. The molecule has 5 aromatic rings. The first kappa shape index (κ1) is 24.7. The minimum Gasteiger partial charge on any atom is -0.378 e. The predicted octanol–water partition coefficient (Wildman–Crippen LogP) is 4.74. The fourth-order valence-corrected chi connectivity index (χ4v) is 4.73. The number of rotatable bonds is 7. The number of fused-ring (bicyclic) bond motifs is 1. The summed E-state index contributed by atoms with van der Waals surface area (Å²) in [5, 5.41) is 8.62. The Kier molecular flexibility index (Phi) is 6.73. The number of ether oxygens (including phenoxy) is 1. The highest BCUT2D eigenvalue weighted by molar-refractivity contribution is 5.99. The van der Waals surface area contributed by atoms with Crippen molar-refractivity contribution in [3.05, 3.63) is 89.9 Å². The third-order valence-electron chi connectivity index (χ3n) is 7.00. The smallest absolute Gasteiger partial charge is 0.167 e. The van der Waals surface area contributed by atoms with Crippen molar-refractivity contribution in [2.45, 2.75) is 13.3 Å². The molecule has 0 atom stereocenters. The van der Waals surface area contributed by atoms with Gasteiger partial charge in [0.1, 0.15) is 5.82 Å². The lowest BCUT2D eigenvalue weighted by atomic mass is 10.0. The summed E-state index contributed by atoms with van der Waals surface area (Å²) >= 11 is 0. The molecule has 0 bridgehead atoms. The summed E-state index contributed by atoms with van der Waals surface area (Å²) in [6.45, 7) is 5.27. The zero-order valence-corrected chi connectivity index (χ0v) is 22.0. The summed E-state index contributed by atoms with van der Waals surface area (Å²) in [5.74, 6) is 1.23. The molecule has 39 heavy (non-hydrogen) atoms. The zero-order valence-electron chi connectivity index (χ0n) is 22.0. The number of ketones is 1. The molecule has 1 aliphatic rings. The molecule has 0 saturated carbocycles. The zero-order chi connectivity index (χ0) is 26.8. The number of morpholine rings is 1. The molecule has 1 aliphatic heterocycles. The number of Topliss-reactive ketones (excluding diaryl/α,β-unsaturated/α-hetero) is 1. The number of hydrogen-bond acceptors (Lipinski definition) is 8. The Hall–Kier alpha value is -4.63. The highest BCUT2D eigenvalue weighted by atomic mass is 16.5. The standard InChI is InChI=1S/C30H29N7O2/c1-20-5-8-22(27(38)16-21-6-9-24(10-7-21)37-12-14-39-15-13-37)17-26(20)33-29-25-19-32-36(2)30(25)35-28(34-29)23-4-3-11-31-18-23/h3-11,17-19H,12-16H2,1-2H3,(H,33,34,35). The Labute approximate surface area is 226 Å². The number of carbonyl (C=O) groups is 1. The number of benzene rings is 2. The lowest BCUT2D eigenvalue weighted by Gasteiger charge is -2.28. The van der Waals surface area contributed by atoms with Crippen LogP contribution in [0.5, 0.6) is 0 Å². The van der Waals surface area contributed by atoms with Gasteiger partial charge in [0.15, 0.2) is 17.3 Å². The summed E-state index contributed by atoms with van der Waals surface area (Å²) in [6.07, 6.45) is 5.53. The van der Waals surface area contributed by atoms with E-state index in [1.54, 1.807) is 23.3 Å². The maximum atomic E-state index is 13.3. The normalized spacial score (nSPS) is 13.5. The van der Waals surface area contributed by atoms with E-state index in [0.29, 0.717) is 29.3 Å². The fraction of sp³-hybridized carbons (Fsp3) is 0.233. The van der Waals surface area contributed by atoms with Gasteiger partial charge in [-0.25, -0.2) is 9.97 Å². The molecular weight excluding hydrogens is 490 g/mol. The predicted molar refractivity (Wildman–Crippen MR) is 152 cm³/mol. The van der Waals surface area contributed by atoms with Gasteiger partial charge >= 0.3 is 0 Å². The average molecular weight is 520 g/mol. The van der Waals surface area contributed by atoms with Crippen molar-refractivity contribution in [2.24, 2.45) is 7.05 Å². The fourth-order valence-electron chi connectivity index (χ4n) is 4.73. The van der Waals surface area contributed by atoms with Gasteiger partial charge in [0.25, 0.3) is 0 Å².